The summed E-state index contributed by atoms with van der Waals surface area (Å²) in [5.41, 5.74) is 5.80. The van der Waals surface area contributed by atoms with Crippen molar-refractivity contribution in [3.8, 4) is 5.75 Å². The van der Waals surface area contributed by atoms with Crippen LogP contribution in [0.4, 0.5) is 18.9 Å². The van der Waals surface area contributed by atoms with Crippen molar-refractivity contribution in [1.82, 2.24) is 0 Å². The fourth-order valence-corrected chi connectivity index (χ4v) is 1.43. The molecule has 0 aliphatic heterocycles. The molecule has 0 spiro atoms. The van der Waals surface area contributed by atoms with Crippen LogP contribution in [-0.2, 0) is 6.61 Å². The van der Waals surface area contributed by atoms with Crippen LogP contribution in [0.5, 0.6) is 5.75 Å². The normalized spacial score (nSPS) is 10.4. The van der Waals surface area contributed by atoms with E-state index in [0.717, 1.165) is 18.2 Å². The Morgan fingerprint density at radius 2 is 1.72 bits per heavy atom. The van der Waals surface area contributed by atoms with Gasteiger partial charge in [0.25, 0.3) is 0 Å². The van der Waals surface area contributed by atoms with Gasteiger partial charge in [-0.2, -0.15) is 0 Å². The Kier molecular flexibility index (Phi) is 3.41. The number of nitrogens with two attached hydrogens (primary N) is 1. The first-order valence-corrected chi connectivity index (χ1v) is 5.18. The highest BCUT2D eigenvalue weighted by Crippen LogP contribution is 2.21. The molecule has 5 heteroatoms. The van der Waals surface area contributed by atoms with Crippen LogP contribution in [0.3, 0.4) is 0 Å². The highest BCUT2D eigenvalue weighted by molar-refractivity contribution is 5.42. The van der Waals surface area contributed by atoms with E-state index in [1.165, 1.54) is 18.2 Å². The van der Waals surface area contributed by atoms with E-state index in [4.69, 9.17) is 10.5 Å². The van der Waals surface area contributed by atoms with Crippen LogP contribution in [0.2, 0.25) is 0 Å². The molecule has 2 aromatic carbocycles. The van der Waals surface area contributed by atoms with Crippen LogP contribution < -0.4 is 10.5 Å². The number of hydrogen-bond acceptors (Lipinski definition) is 2. The van der Waals surface area contributed by atoms with Crippen molar-refractivity contribution in [3.63, 3.8) is 0 Å². The molecule has 0 aromatic heterocycles. The molecule has 0 fully saturated rings. The van der Waals surface area contributed by atoms with Crippen molar-refractivity contribution in [2.45, 2.75) is 6.61 Å². The monoisotopic (exact) mass is 253 g/mol. The molecule has 94 valence electrons. The van der Waals surface area contributed by atoms with Gasteiger partial charge in [-0.05, 0) is 24.3 Å². The lowest BCUT2D eigenvalue weighted by Crippen LogP contribution is -2.01. The number of anilines is 1. The van der Waals surface area contributed by atoms with Gasteiger partial charge in [0.15, 0.2) is 11.6 Å². The third kappa shape index (κ3) is 2.74. The summed E-state index contributed by atoms with van der Waals surface area (Å²) >= 11 is 0. The summed E-state index contributed by atoms with van der Waals surface area (Å²) in [5, 5.41) is 0. The molecule has 0 amide bonds. The summed E-state index contributed by atoms with van der Waals surface area (Å²) in [7, 11) is 0. The molecule has 18 heavy (non-hydrogen) atoms. The van der Waals surface area contributed by atoms with Gasteiger partial charge in [-0.25, -0.2) is 13.2 Å². The van der Waals surface area contributed by atoms with Gasteiger partial charge >= 0.3 is 0 Å². The molecule has 0 saturated heterocycles. The fourth-order valence-electron chi connectivity index (χ4n) is 1.43. The van der Waals surface area contributed by atoms with Crippen LogP contribution in [-0.4, -0.2) is 0 Å². The van der Waals surface area contributed by atoms with E-state index in [-0.39, 0.29) is 23.6 Å². The summed E-state index contributed by atoms with van der Waals surface area (Å²) in [6, 6.07) is 7.04. The summed E-state index contributed by atoms with van der Waals surface area (Å²) in [5.74, 6) is -2.06. The second-order valence-electron chi connectivity index (χ2n) is 3.71. The first-order valence-electron chi connectivity index (χ1n) is 5.18. The standard InChI is InChI=1S/C13H10F3NO/c14-9-2-1-8(11(15)5-9)7-18-13-4-3-10(17)6-12(13)16/h1-6H,7,17H2. The van der Waals surface area contributed by atoms with Crippen molar-refractivity contribution in [2.24, 2.45) is 0 Å². The van der Waals surface area contributed by atoms with E-state index >= 15 is 0 Å². The lowest BCUT2D eigenvalue weighted by atomic mass is 10.2. The number of nitrogen functional groups attached to an aromatic ring is 1. The Morgan fingerprint density at radius 3 is 2.39 bits per heavy atom. The minimum atomic E-state index is -0.731. The minimum Gasteiger partial charge on any atom is -0.486 e. The van der Waals surface area contributed by atoms with Crippen LogP contribution >= 0.6 is 0 Å². The summed E-state index contributed by atoms with van der Waals surface area (Å²) in [4.78, 5) is 0. The summed E-state index contributed by atoms with van der Waals surface area (Å²) in [6.07, 6.45) is 0. The molecule has 0 heterocycles. The van der Waals surface area contributed by atoms with E-state index in [9.17, 15) is 13.2 Å². The maximum absolute atomic E-state index is 13.4. The van der Waals surface area contributed by atoms with E-state index in [1.807, 2.05) is 0 Å². The summed E-state index contributed by atoms with van der Waals surface area (Å²) in [6.45, 7) is -0.188. The zero-order valence-electron chi connectivity index (χ0n) is 9.29. The van der Waals surface area contributed by atoms with Gasteiger partial charge in [0.2, 0.25) is 0 Å². The lowest BCUT2D eigenvalue weighted by Gasteiger charge is -2.08. The smallest absolute Gasteiger partial charge is 0.167 e. The molecule has 0 atom stereocenters. The molecule has 2 rings (SSSR count). The molecule has 0 radical (unpaired) electrons. The predicted molar refractivity (Wildman–Crippen MR) is 61.5 cm³/mol. The van der Waals surface area contributed by atoms with Crippen molar-refractivity contribution in [1.29, 1.82) is 0 Å². The molecule has 2 nitrogen and oxygen atoms in total. The van der Waals surface area contributed by atoms with Crippen LogP contribution in [0.25, 0.3) is 0 Å². The Balaban J connectivity index is 2.11. The topological polar surface area (TPSA) is 35.2 Å². The second kappa shape index (κ2) is 5.00. The van der Waals surface area contributed by atoms with Gasteiger partial charge in [-0.1, -0.05) is 0 Å². The molecule has 0 saturated carbocycles. The average molecular weight is 253 g/mol. The Labute approximate surface area is 102 Å². The Bertz CT molecular complexity index is 521. The van der Waals surface area contributed by atoms with Gasteiger partial charge in [-0.3, -0.25) is 0 Å². The SMILES string of the molecule is Nc1ccc(OCc2ccc(F)cc2F)c(F)c1. The lowest BCUT2D eigenvalue weighted by molar-refractivity contribution is 0.284. The predicted octanol–water partition coefficient (Wildman–Crippen LogP) is 3.27. The maximum Gasteiger partial charge on any atom is 0.167 e. The quantitative estimate of drug-likeness (QED) is 0.852. The largest absolute Gasteiger partial charge is 0.486 e. The molecular formula is C13H10F3NO. The van der Waals surface area contributed by atoms with Crippen LogP contribution in [0, 0.1) is 17.5 Å². The summed E-state index contributed by atoms with van der Waals surface area (Å²) < 4.78 is 44.4. The van der Waals surface area contributed by atoms with Gasteiger partial charge in [-0.15, -0.1) is 0 Å². The molecule has 2 aromatic rings. The van der Waals surface area contributed by atoms with Gasteiger partial charge in [0, 0.05) is 23.4 Å². The number of hydrogen-bond donors (Lipinski definition) is 1. The van der Waals surface area contributed by atoms with E-state index in [2.05, 4.69) is 0 Å². The number of halogens is 3. The van der Waals surface area contributed by atoms with E-state index < -0.39 is 17.5 Å². The number of rotatable bonds is 3. The maximum atomic E-state index is 13.4. The molecule has 0 aliphatic rings. The Morgan fingerprint density at radius 1 is 0.944 bits per heavy atom. The minimum absolute atomic E-state index is 0.0343. The highest BCUT2D eigenvalue weighted by atomic mass is 19.1. The van der Waals surface area contributed by atoms with Crippen molar-refractivity contribution >= 4 is 5.69 Å². The molecule has 0 unspecified atom stereocenters. The molecule has 2 N–H and O–H groups in total. The van der Waals surface area contributed by atoms with Crippen molar-refractivity contribution in [2.75, 3.05) is 5.73 Å². The van der Waals surface area contributed by atoms with Crippen LogP contribution in [0.1, 0.15) is 5.56 Å². The van der Waals surface area contributed by atoms with Crippen molar-refractivity contribution < 1.29 is 17.9 Å². The average Bonchev–Trinajstić information content (AvgIpc) is 2.30. The van der Waals surface area contributed by atoms with Crippen LogP contribution in [0.15, 0.2) is 36.4 Å². The van der Waals surface area contributed by atoms with E-state index in [0.29, 0.717) is 0 Å². The molecule has 0 bridgehead atoms. The van der Waals surface area contributed by atoms with Crippen molar-refractivity contribution in [3.05, 3.63) is 59.4 Å². The first-order chi connectivity index (χ1) is 8.56. The molecular weight excluding hydrogens is 243 g/mol. The fraction of sp³-hybridized carbons (Fsp3) is 0.0769. The van der Waals surface area contributed by atoms with Gasteiger partial charge < -0.3 is 10.5 Å². The van der Waals surface area contributed by atoms with Gasteiger partial charge in [0.05, 0.1) is 0 Å². The third-order valence-corrected chi connectivity index (χ3v) is 2.35. The van der Waals surface area contributed by atoms with Gasteiger partial charge in [0.1, 0.15) is 18.2 Å². The highest BCUT2D eigenvalue weighted by Gasteiger charge is 2.07. The zero-order chi connectivity index (χ0) is 13.1. The second-order valence-corrected chi connectivity index (χ2v) is 3.71. The number of ether oxygens (including phenoxy) is 1. The van der Waals surface area contributed by atoms with E-state index in [1.54, 1.807) is 0 Å². The number of benzene rings is 2. The third-order valence-electron chi connectivity index (χ3n) is 2.35. The molecule has 0 aliphatic carbocycles. The Hall–Kier alpha value is -2.17. The first kappa shape index (κ1) is 12.3. The zero-order valence-corrected chi connectivity index (χ0v) is 9.29.